The summed E-state index contributed by atoms with van der Waals surface area (Å²) in [6.07, 6.45) is 2.00. The van der Waals surface area contributed by atoms with E-state index in [0.29, 0.717) is 9.88 Å². The van der Waals surface area contributed by atoms with Crippen molar-refractivity contribution in [3.05, 3.63) is 10.4 Å². The maximum absolute atomic E-state index is 12.0. The van der Waals surface area contributed by atoms with Gasteiger partial charge in [0.15, 0.2) is 0 Å². The van der Waals surface area contributed by atoms with Gasteiger partial charge in [-0.15, -0.1) is 11.3 Å². The minimum atomic E-state index is -0.613. The maximum atomic E-state index is 12.0. The summed E-state index contributed by atoms with van der Waals surface area (Å²) in [5, 5.41) is 3.46. The van der Waals surface area contributed by atoms with Gasteiger partial charge < -0.3 is 21.7 Å². The molecule has 2 amide bonds. The third-order valence-corrected chi connectivity index (χ3v) is 4.07. The predicted molar refractivity (Wildman–Crippen MR) is 72.1 cm³/mol. The molecule has 1 heterocycles. The van der Waals surface area contributed by atoms with E-state index in [4.69, 9.17) is 11.5 Å². The summed E-state index contributed by atoms with van der Waals surface area (Å²) in [4.78, 5) is 25.5. The maximum Gasteiger partial charge on any atom is 0.263 e. The van der Waals surface area contributed by atoms with Crippen LogP contribution in [0.15, 0.2) is 0 Å². The molecule has 0 bridgehead atoms. The topological polar surface area (TPSA) is 101 Å². The molecular weight excluding hydrogens is 252 g/mol. The summed E-state index contributed by atoms with van der Waals surface area (Å²) in [6.45, 7) is 0. The molecule has 5 N–H and O–H groups in total. The number of nitrogens with two attached hydrogens (primary N) is 2. The molecule has 1 aromatic heterocycles. The first-order chi connectivity index (χ1) is 8.41. The number of amides is 2. The van der Waals surface area contributed by atoms with Crippen molar-refractivity contribution in [2.45, 2.75) is 18.9 Å². The lowest BCUT2D eigenvalue weighted by molar-refractivity contribution is 0.0955. The largest absolute Gasteiger partial charge is 0.397 e. The van der Waals surface area contributed by atoms with Crippen LogP contribution in [0.1, 0.15) is 32.9 Å². The van der Waals surface area contributed by atoms with Crippen molar-refractivity contribution in [1.82, 2.24) is 5.32 Å². The van der Waals surface area contributed by atoms with Gasteiger partial charge in [0.05, 0.1) is 11.3 Å². The summed E-state index contributed by atoms with van der Waals surface area (Å²) in [7, 11) is 3.56. The normalized spacial score (nSPS) is 14.3. The first-order valence-corrected chi connectivity index (χ1v) is 6.43. The molecule has 98 valence electrons. The molecule has 0 aromatic carbocycles. The van der Waals surface area contributed by atoms with Crippen LogP contribution in [0.3, 0.4) is 0 Å². The molecule has 1 aliphatic rings. The fourth-order valence-electron chi connectivity index (χ4n) is 1.63. The zero-order valence-corrected chi connectivity index (χ0v) is 11.1. The lowest BCUT2D eigenvalue weighted by Gasteiger charge is -2.10. The Hall–Kier alpha value is -1.76. The molecule has 0 spiro atoms. The Balaban J connectivity index is 2.38. The van der Waals surface area contributed by atoms with Crippen LogP contribution in [0.4, 0.5) is 10.7 Å². The second kappa shape index (κ2) is 4.49. The van der Waals surface area contributed by atoms with E-state index in [1.807, 2.05) is 0 Å². The number of nitrogens with zero attached hydrogens (tertiary/aromatic N) is 1. The van der Waals surface area contributed by atoms with Gasteiger partial charge in [-0.3, -0.25) is 9.59 Å². The van der Waals surface area contributed by atoms with Gasteiger partial charge in [-0.2, -0.15) is 0 Å². The Morgan fingerprint density at radius 1 is 1.39 bits per heavy atom. The van der Waals surface area contributed by atoms with Crippen molar-refractivity contribution in [1.29, 1.82) is 0 Å². The van der Waals surface area contributed by atoms with Crippen LogP contribution in [0.25, 0.3) is 0 Å². The Morgan fingerprint density at radius 2 is 2.00 bits per heavy atom. The van der Waals surface area contributed by atoms with Gasteiger partial charge in [0.1, 0.15) is 9.88 Å². The Morgan fingerprint density at radius 3 is 2.39 bits per heavy atom. The number of hydrogen-bond donors (Lipinski definition) is 3. The van der Waals surface area contributed by atoms with Gasteiger partial charge in [-0.1, -0.05) is 0 Å². The predicted octanol–water partition coefficient (Wildman–Crippen LogP) is 0.387. The first-order valence-electron chi connectivity index (χ1n) is 5.62. The summed E-state index contributed by atoms with van der Waals surface area (Å²) in [5.74, 6) is -0.839. The monoisotopic (exact) mass is 268 g/mol. The van der Waals surface area contributed by atoms with Crippen molar-refractivity contribution in [3.8, 4) is 0 Å². The van der Waals surface area contributed by atoms with E-state index < -0.39 is 5.91 Å². The summed E-state index contributed by atoms with van der Waals surface area (Å²) in [5.41, 5.74) is 11.6. The summed E-state index contributed by atoms with van der Waals surface area (Å²) < 4.78 is 0. The number of hydrogen-bond acceptors (Lipinski definition) is 5. The average Bonchev–Trinajstić information content (AvgIpc) is 2.98. The lowest BCUT2D eigenvalue weighted by atomic mass is 10.2. The average molecular weight is 268 g/mol. The second-order valence-corrected chi connectivity index (χ2v) is 5.53. The molecule has 1 saturated carbocycles. The zero-order chi connectivity index (χ0) is 13.4. The minimum Gasteiger partial charge on any atom is -0.397 e. The molecule has 0 atom stereocenters. The Bertz CT molecular complexity index is 505. The highest BCUT2D eigenvalue weighted by Crippen LogP contribution is 2.37. The highest BCUT2D eigenvalue weighted by atomic mass is 32.1. The smallest absolute Gasteiger partial charge is 0.263 e. The molecule has 0 aliphatic heterocycles. The van der Waals surface area contributed by atoms with Crippen LogP contribution in [-0.4, -0.2) is 32.0 Å². The van der Waals surface area contributed by atoms with E-state index in [0.717, 1.165) is 12.8 Å². The SMILES string of the molecule is CN(C)c1sc(C(=O)NC2CC2)c(N)c1C(N)=O. The van der Waals surface area contributed by atoms with Gasteiger partial charge in [0.2, 0.25) is 0 Å². The number of primary amides is 1. The van der Waals surface area contributed by atoms with Crippen molar-refractivity contribution in [2.24, 2.45) is 5.73 Å². The minimum absolute atomic E-state index is 0.175. The van der Waals surface area contributed by atoms with Crippen LogP contribution < -0.4 is 21.7 Å². The number of carbonyl (C=O) groups excluding carboxylic acids is 2. The highest BCUT2D eigenvalue weighted by molar-refractivity contribution is 7.19. The number of nitrogen functional groups attached to an aromatic ring is 1. The molecule has 6 nitrogen and oxygen atoms in total. The lowest BCUT2D eigenvalue weighted by Crippen LogP contribution is -2.25. The van der Waals surface area contributed by atoms with E-state index in [1.165, 1.54) is 11.3 Å². The standard InChI is InChI=1S/C11H16N4O2S/c1-15(2)11-6(9(13)16)7(12)8(18-11)10(17)14-5-3-4-5/h5H,3-4,12H2,1-2H3,(H2,13,16)(H,14,17). The van der Waals surface area contributed by atoms with Crippen molar-refractivity contribution in [2.75, 3.05) is 24.7 Å². The number of anilines is 2. The van der Waals surface area contributed by atoms with E-state index in [1.54, 1.807) is 19.0 Å². The number of rotatable bonds is 4. The van der Waals surface area contributed by atoms with E-state index >= 15 is 0 Å². The van der Waals surface area contributed by atoms with Gasteiger partial charge in [0.25, 0.3) is 11.8 Å². The van der Waals surface area contributed by atoms with Crippen LogP contribution in [0, 0.1) is 0 Å². The molecular formula is C11H16N4O2S. The molecule has 1 aliphatic carbocycles. The van der Waals surface area contributed by atoms with Crippen LogP contribution in [0.5, 0.6) is 0 Å². The first kappa shape index (κ1) is 12.7. The number of thiophene rings is 1. The molecule has 1 aromatic rings. The third kappa shape index (κ3) is 2.26. The zero-order valence-electron chi connectivity index (χ0n) is 10.3. The van der Waals surface area contributed by atoms with Gasteiger partial charge in [-0.25, -0.2) is 0 Å². The molecule has 0 unspecified atom stereocenters. The molecule has 0 radical (unpaired) electrons. The molecule has 1 fully saturated rings. The van der Waals surface area contributed by atoms with Crippen molar-refractivity contribution < 1.29 is 9.59 Å². The van der Waals surface area contributed by atoms with Gasteiger partial charge in [0, 0.05) is 20.1 Å². The molecule has 18 heavy (non-hydrogen) atoms. The van der Waals surface area contributed by atoms with Crippen molar-refractivity contribution >= 4 is 33.8 Å². The van der Waals surface area contributed by atoms with Crippen LogP contribution in [0.2, 0.25) is 0 Å². The molecule has 2 rings (SSSR count). The molecule has 7 heteroatoms. The van der Waals surface area contributed by atoms with Crippen LogP contribution >= 0.6 is 11.3 Å². The third-order valence-electron chi connectivity index (χ3n) is 2.70. The fourth-order valence-corrected chi connectivity index (χ4v) is 2.68. The van der Waals surface area contributed by atoms with E-state index in [-0.39, 0.29) is 23.2 Å². The summed E-state index contributed by atoms with van der Waals surface area (Å²) in [6, 6.07) is 0.249. The Kier molecular flexibility index (Phi) is 3.16. The van der Waals surface area contributed by atoms with E-state index in [9.17, 15) is 9.59 Å². The van der Waals surface area contributed by atoms with E-state index in [2.05, 4.69) is 5.32 Å². The van der Waals surface area contributed by atoms with Gasteiger partial charge in [-0.05, 0) is 12.8 Å². The summed E-state index contributed by atoms with van der Waals surface area (Å²) >= 11 is 1.19. The van der Waals surface area contributed by atoms with Crippen LogP contribution in [-0.2, 0) is 0 Å². The Labute approximate surface area is 109 Å². The number of carbonyl (C=O) groups is 2. The second-order valence-electron chi connectivity index (χ2n) is 4.53. The molecule has 0 saturated heterocycles. The van der Waals surface area contributed by atoms with Gasteiger partial charge >= 0.3 is 0 Å². The van der Waals surface area contributed by atoms with Crippen molar-refractivity contribution in [3.63, 3.8) is 0 Å². The quantitative estimate of drug-likeness (QED) is 0.735. The fraction of sp³-hybridized carbons (Fsp3) is 0.455. The number of nitrogens with one attached hydrogen (secondary N) is 1. The highest BCUT2D eigenvalue weighted by Gasteiger charge is 2.29.